The summed E-state index contributed by atoms with van der Waals surface area (Å²) in [5.41, 5.74) is 1.02. The third-order valence-corrected chi connectivity index (χ3v) is 9.81. The van der Waals surface area contributed by atoms with Crippen molar-refractivity contribution in [2.24, 2.45) is 0 Å². The Morgan fingerprint density at radius 3 is 2.36 bits per heavy atom. The standard InChI is InChI=1S/C19H32O5Si/c1-19(2,3)25(4,5)24-13-16-18(21)17(20)15(12-23-16)22-11-14-9-7-6-8-10-14/h6-10,15-18,20-21H,11-13H2,1-5H3. The molecule has 2 N–H and O–H groups in total. The first-order valence-corrected chi connectivity index (χ1v) is 11.8. The van der Waals surface area contributed by atoms with Gasteiger partial charge in [0.05, 0.1) is 19.8 Å². The van der Waals surface area contributed by atoms with Gasteiger partial charge in [0.2, 0.25) is 0 Å². The minimum atomic E-state index is -1.92. The van der Waals surface area contributed by atoms with E-state index in [4.69, 9.17) is 13.9 Å². The molecule has 1 aromatic rings. The zero-order chi connectivity index (χ0) is 18.7. The normalized spacial score (nSPS) is 28.1. The van der Waals surface area contributed by atoms with Crippen molar-refractivity contribution in [2.45, 2.75) is 69.9 Å². The highest BCUT2D eigenvalue weighted by Gasteiger charge is 2.42. The maximum atomic E-state index is 10.4. The topological polar surface area (TPSA) is 68.2 Å². The molecule has 1 aliphatic rings. The minimum absolute atomic E-state index is 0.0898. The second kappa shape index (κ2) is 8.29. The molecule has 25 heavy (non-hydrogen) atoms. The molecular formula is C19H32O5Si. The van der Waals surface area contributed by atoms with Crippen LogP contribution in [0.4, 0.5) is 0 Å². The van der Waals surface area contributed by atoms with Gasteiger partial charge >= 0.3 is 0 Å². The molecule has 2 rings (SSSR count). The van der Waals surface area contributed by atoms with E-state index < -0.39 is 32.7 Å². The minimum Gasteiger partial charge on any atom is -0.414 e. The first-order chi connectivity index (χ1) is 11.6. The van der Waals surface area contributed by atoms with Crippen molar-refractivity contribution in [2.75, 3.05) is 13.2 Å². The Hall–Kier alpha value is -0.763. The Morgan fingerprint density at radius 1 is 1.12 bits per heavy atom. The van der Waals surface area contributed by atoms with Crippen molar-refractivity contribution in [3.05, 3.63) is 35.9 Å². The van der Waals surface area contributed by atoms with Crippen LogP contribution in [0.1, 0.15) is 26.3 Å². The summed E-state index contributed by atoms with van der Waals surface area (Å²) in [4.78, 5) is 0. The zero-order valence-corrected chi connectivity index (χ0v) is 16.9. The Balaban J connectivity index is 1.85. The van der Waals surface area contributed by atoms with Gasteiger partial charge < -0.3 is 24.1 Å². The van der Waals surface area contributed by atoms with E-state index in [1.807, 2.05) is 30.3 Å². The Labute approximate surface area is 152 Å². The second-order valence-corrected chi connectivity index (χ2v) is 13.1. The van der Waals surface area contributed by atoms with E-state index in [0.29, 0.717) is 13.2 Å². The average Bonchev–Trinajstić information content (AvgIpc) is 2.55. The van der Waals surface area contributed by atoms with Crippen molar-refractivity contribution in [1.82, 2.24) is 0 Å². The van der Waals surface area contributed by atoms with E-state index in [-0.39, 0.29) is 11.6 Å². The summed E-state index contributed by atoms with van der Waals surface area (Å²) < 4.78 is 17.6. The van der Waals surface area contributed by atoms with Gasteiger partial charge in [-0.15, -0.1) is 0 Å². The van der Waals surface area contributed by atoms with Crippen LogP contribution >= 0.6 is 0 Å². The lowest BCUT2D eigenvalue weighted by Gasteiger charge is -2.41. The maximum Gasteiger partial charge on any atom is 0.192 e. The Morgan fingerprint density at radius 2 is 1.76 bits per heavy atom. The van der Waals surface area contributed by atoms with E-state index in [1.54, 1.807) is 0 Å². The van der Waals surface area contributed by atoms with Gasteiger partial charge in [0, 0.05) is 0 Å². The molecule has 1 fully saturated rings. The highest BCUT2D eigenvalue weighted by molar-refractivity contribution is 6.74. The predicted molar refractivity (Wildman–Crippen MR) is 99.9 cm³/mol. The fourth-order valence-electron chi connectivity index (χ4n) is 2.43. The van der Waals surface area contributed by atoms with Crippen LogP contribution in [0, 0.1) is 0 Å². The SMILES string of the molecule is CC(C)(C)[Si](C)(C)OCC1OCC(OCc2ccccc2)C(O)C1O. The summed E-state index contributed by atoms with van der Waals surface area (Å²) in [7, 11) is -1.92. The van der Waals surface area contributed by atoms with Gasteiger partial charge in [-0.05, 0) is 23.7 Å². The van der Waals surface area contributed by atoms with Gasteiger partial charge in [-0.3, -0.25) is 0 Å². The molecule has 4 unspecified atom stereocenters. The number of benzene rings is 1. The molecule has 0 aromatic heterocycles. The number of aliphatic hydroxyl groups excluding tert-OH is 2. The molecule has 0 bridgehead atoms. The van der Waals surface area contributed by atoms with Crippen molar-refractivity contribution >= 4 is 8.32 Å². The fraction of sp³-hybridized carbons (Fsp3) is 0.684. The summed E-state index contributed by atoms with van der Waals surface area (Å²) in [6, 6.07) is 9.74. The summed E-state index contributed by atoms with van der Waals surface area (Å²) >= 11 is 0. The molecule has 0 radical (unpaired) electrons. The number of aliphatic hydroxyl groups is 2. The van der Waals surface area contributed by atoms with Crippen LogP contribution in [0.5, 0.6) is 0 Å². The molecule has 1 heterocycles. The predicted octanol–water partition coefficient (Wildman–Crippen LogP) is 2.71. The second-order valence-electron chi connectivity index (χ2n) is 8.26. The lowest BCUT2D eigenvalue weighted by Crippen LogP contribution is -2.56. The van der Waals surface area contributed by atoms with Crippen molar-refractivity contribution in [1.29, 1.82) is 0 Å². The van der Waals surface area contributed by atoms with Crippen LogP contribution in [0.2, 0.25) is 18.1 Å². The van der Waals surface area contributed by atoms with E-state index in [2.05, 4.69) is 33.9 Å². The molecule has 0 amide bonds. The molecule has 0 saturated carbocycles. The van der Waals surface area contributed by atoms with Crippen LogP contribution in [-0.2, 0) is 20.5 Å². The smallest absolute Gasteiger partial charge is 0.192 e. The highest BCUT2D eigenvalue weighted by Crippen LogP contribution is 2.37. The summed E-state index contributed by atoms with van der Waals surface area (Å²) in [5, 5.41) is 20.9. The van der Waals surface area contributed by atoms with E-state index in [9.17, 15) is 10.2 Å². The number of ether oxygens (including phenoxy) is 2. The molecule has 4 atom stereocenters. The number of rotatable bonds is 6. The molecule has 1 saturated heterocycles. The maximum absolute atomic E-state index is 10.4. The van der Waals surface area contributed by atoms with E-state index >= 15 is 0 Å². The van der Waals surface area contributed by atoms with Crippen molar-refractivity contribution < 1.29 is 24.1 Å². The average molecular weight is 369 g/mol. The summed E-state index contributed by atoms with van der Waals surface area (Å²) in [5.74, 6) is 0. The number of hydrogen-bond donors (Lipinski definition) is 2. The fourth-order valence-corrected chi connectivity index (χ4v) is 3.45. The van der Waals surface area contributed by atoms with Crippen LogP contribution in [0.3, 0.4) is 0 Å². The van der Waals surface area contributed by atoms with Crippen LogP contribution in [0.25, 0.3) is 0 Å². The van der Waals surface area contributed by atoms with Gasteiger partial charge in [0.15, 0.2) is 8.32 Å². The summed E-state index contributed by atoms with van der Waals surface area (Å²) in [6.45, 7) is 11.7. The lowest BCUT2D eigenvalue weighted by atomic mass is 10.0. The van der Waals surface area contributed by atoms with Crippen molar-refractivity contribution in [3.8, 4) is 0 Å². The third-order valence-electron chi connectivity index (χ3n) is 5.31. The first-order valence-electron chi connectivity index (χ1n) is 8.89. The monoisotopic (exact) mass is 368 g/mol. The van der Waals surface area contributed by atoms with Crippen molar-refractivity contribution in [3.63, 3.8) is 0 Å². The van der Waals surface area contributed by atoms with Gasteiger partial charge in [-0.2, -0.15) is 0 Å². The van der Waals surface area contributed by atoms with E-state index in [0.717, 1.165) is 5.56 Å². The van der Waals surface area contributed by atoms with Crippen LogP contribution in [0.15, 0.2) is 30.3 Å². The largest absolute Gasteiger partial charge is 0.414 e. The first kappa shape index (κ1) is 20.5. The van der Waals surface area contributed by atoms with Gasteiger partial charge in [-0.25, -0.2) is 0 Å². The molecule has 1 aromatic carbocycles. The molecule has 142 valence electrons. The summed E-state index contributed by atoms with van der Waals surface area (Å²) in [6.07, 6.45) is -3.07. The molecule has 1 aliphatic heterocycles. The highest BCUT2D eigenvalue weighted by atomic mass is 28.4. The molecule has 5 nitrogen and oxygen atoms in total. The number of hydrogen-bond acceptors (Lipinski definition) is 5. The van der Waals surface area contributed by atoms with Crippen LogP contribution in [-0.4, -0.2) is 56.2 Å². The molecule has 0 aliphatic carbocycles. The zero-order valence-electron chi connectivity index (χ0n) is 15.9. The molecule has 6 heteroatoms. The molecule has 0 spiro atoms. The molecular weight excluding hydrogens is 336 g/mol. The van der Waals surface area contributed by atoms with Gasteiger partial charge in [0.1, 0.15) is 24.4 Å². The Kier molecular flexibility index (Phi) is 6.81. The van der Waals surface area contributed by atoms with Crippen LogP contribution < -0.4 is 0 Å². The lowest BCUT2D eigenvalue weighted by molar-refractivity contribution is -0.210. The van der Waals surface area contributed by atoms with Gasteiger partial charge in [-0.1, -0.05) is 51.1 Å². The van der Waals surface area contributed by atoms with E-state index in [1.165, 1.54) is 0 Å². The quantitative estimate of drug-likeness (QED) is 0.756. The Bertz CT molecular complexity index is 528. The third kappa shape index (κ3) is 5.36. The van der Waals surface area contributed by atoms with Gasteiger partial charge in [0.25, 0.3) is 0 Å².